The van der Waals surface area contributed by atoms with Crippen LogP contribution in [0, 0.1) is 5.92 Å². The molecule has 1 atom stereocenters. The molecule has 0 aromatic heterocycles. The molecular formula is C10H15F3N2O4. The molecule has 2 N–H and O–H groups in total. The van der Waals surface area contributed by atoms with E-state index >= 15 is 0 Å². The van der Waals surface area contributed by atoms with E-state index in [2.05, 4.69) is 5.32 Å². The van der Waals surface area contributed by atoms with Crippen LogP contribution < -0.4 is 5.32 Å². The molecule has 1 fully saturated rings. The highest BCUT2D eigenvalue weighted by molar-refractivity contribution is 5.80. The Bertz CT molecular complexity index is 329. The lowest BCUT2D eigenvalue weighted by Gasteiger charge is -2.23. The lowest BCUT2D eigenvalue weighted by Crippen LogP contribution is -2.48. The summed E-state index contributed by atoms with van der Waals surface area (Å²) in [4.78, 5) is 22.2. The van der Waals surface area contributed by atoms with Gasteiger partial charge in [-0.2, -0.15) is 13.2 Å². The van der Waals surface area contributed by atoms with Crippen molar-refractivity contribution in [3.05, 3.63) is 0 Å². The SMILES string of the molecule is O=C(O)CN(CC(F)(F)F)C(=O)NCC1CCOC1. The van der Waals surface area contributed by atoms with Crippen LogP contribution in [0.15, 0.2) is 0 Å². The lowest BCUT2D eigenvalue weighted by atomic mass is 10.1. The maximum atomic E-state index is 12.2. The molecule has 0 saturated carbocycles. The molecule has 9 heteroatoms. The van der Waals surface area contributed by atoms with Crippen molar-refractivity contribution in [3.8, 4) is 0 Å². The van der Waals surface area contributed by atoms with Gasteiger partial charge in [-0.25, -0.2) is 4.79 Å². The first-order chi connectivity index (χ1) is 8.78. The molecule has 0 aromatic rings. The van der Waals surface area contributed by atoms with Crippen molar-refractivity contribution in [2.75, 3.05) is 32.8 Å². The Morgan fingerprint density at radius 1 is 1.42 bits per heavy atom. The van der Waals surface area contributed by atoms with Crippen molar-refractivity contribution < 1.29 is 32.6 Å². The van der Waals surface area contributed by atoms with Gasteiger partial charge in [0.25, 0.3) is 0 Å². The Hall–Kier alpha value is -1.51. The third kappa shape index (κ3) is 6.27. The summed E-state index contributed by atoms with van der Waals surface area (Å²) in [6, 6.07) is -1.04. The number of aliphatic carboxylic acids is 1. The third-order valence-corrected chi connectivity index (χ3v) is 2.55. The second kappa shape index (κ2) is 6.60. The molecule has 0 spiro atoms. The summed E-state index contributed by atoms with van der Waals surface area (Å²) in [5.74, 6) is -1.44. The Kier molecular flexibility index (Phi) is 5.40. The van der Waals surface area contributed by atoms with E-state index in [-0.39, 0.29) is 17.4 Å². The Morgan fingerprint density at radius 3 is 2.58 bits per heavy atom. The fraction of sp³-hybridized carbons (Fsp3) is 0.800. The molecule has 1 saturated heterocycles. The molecule has 0 aromatic carbocycles. The summed E-state index contributed by atoms with van der Waals surface area (Å²) in [6.07, 6.45) is -3.91. The average molecular weight is 284 g/mol. The molecule has 1 aliphatic heterocycles. The zero-order valence-electron chi connectivity index (χ0n) is 10.1. The van der Waals surface area contributed by atoms with Gasteiger partial charge in [-0.15, -0.1) is 0 Å². The summed E-state index contributed by atoms with van der Waals surface area (Å²) in [6.45, 7) is -1.41. The number of carboxylic acid groups (broad SMARTS) is 1. The number of rotatable bonds is 5. The van der Waals surface area contributed by atoms with Crippen molar-refractivity contribution >= 4 is 12.0 Å². The van der Waals surface area contributed by atoms with Gasteiger partial charge in [0.2, 0.25) is 0 Å². The second-order valence-electron chi connectivity index (χ2n) is 4.28. The number of alkyl halides is 3. The molecule has 2 amide bonds. The van der Waals surface area contributed by atoms with E-state index in [1.165, 1.54) is 0 Å². The summed E-state index contributed by atoms with van der Waals surface area (Å²) < 4.78 is 41.7. The van der Waals surface area contributed by atoms with E-state index in [1.54, 1.807) is 0 Å². The van der Waals surface area contributed by atoms with E-state index in [4.69, 9.17) is 9.84 Å². The molecule has 1 unspecified atom stereocenters. The molecule has 6 nitrogen and oxygen atoms in total. The van der Waals surface area contributed by atoms with Crippen molar-refractivity contribution in [2.45, 2.75) is 12.6 Å². The standard InChI is InChI=1S/C10H15F3N2O4/c11-10(12,13)6-15(4-8(16)17)9(18)14-3-7-1-2-19-5-7/h7H,1-6H2,(H,14,18)(H,16,17). The predicted octanol–water partition coefficient (Wildman–Crippen LogP) is 0.681. The Balaban J connectivity index is 2.47. The summed E-state index contributed by atoms with van der Waals surface area (Å²) in [7, 11) is 0. The molecular weight excluding hydrogens is 269 g/mol. The maximum absolute atomic E-state index is 12.2. The van der Waals surface area contributed by atoms with Crippen LogP contribution >= 0.6 is 0 Å². The number of nitrogens with zero attached hydrogens (tertiary/aromatic N) is 1. The zero-order valence-corrected chi connectivity index (χ0v) is 10.1. The van der Waals surface area contributed by atoms with Crippen molar-refractivity contribution in [2.24, 2.45) is 5.92 Å². The number of hydrogen-bond acceptors (Lipinski definition) is 3. The van der Waals surface area contributed by atoms with Crippen LogP contribution in [0.5, 0.6) is 0 Å². The average Bonchev–Trinajstić information content (AvgIpc) is 2.75. The van der Waals surface area contributed by atoms with Gasteiger partial charge in [0, 0.05) is 19.1 Å². The number of carbonyl (C=O) groups excluding carboxylic acids is 1. The lowest BCUT2D eigenvalue weighted by molar-refractivity contribution is -0.148. The first-order valence-electron chi connectivity index (χ1n) is 5.67. The second-order valence-corrected chi connectivity index (χ2v) is 4.28. The summed E-state index contributed by atoms with van der Waals surface area (Å²) >= 11 is 0. The highest BCUT2D eigenvalue weighted by atomic mass is 19.4. The molecule has 110 valence electrons. The van der Waals surface area contributed by atoms with Crippen LogP contribution in [0.25, 0.3) is 0 Å². The molecule has 0 radical (unpaired) electrons. The van der Waals surface area contributed by atoms with Gasteiger partial charge < -0.3 is 20.1 Å². The first kappa shape index (κ1) is 15.5. The van der Waals surface area contributed by atoms with Gasteiger partial charge in [0.05, 0.1) is 6.61 Å². The van der Waals surface area contributed by atoms with E-state index in [1.807, 2.05) is 0 Å². The Labute approximate surface area is 107 Å². The van der Waals surface area contributed by atoms with Gasteiger partial charge >= 0.3 is 18.2 Å². The quantitative estimate of drug-likeness (QED) is 0.778. The first-order valence-corrected chi connectivity index (χ1v) is 5.67. The number of nitrogens with one attached hydrogen (secondary N) is 1. The Morgan fingerprint density at radius 2 is 2.11 bits per heavy atom. The third-order valence-electron chi connectivity index (χ3n) is 2.55. The number of carboxylic acids is 1. The highest BCUT2D eigenvalue weighted by Crippen LogP contribution is 2.16. The van der Waals surface area contributed by atoms with Crippen LogP contribution in [0.3, 0.4) is 0 Å². The minimum Gasteiger partial charge on any atom is -0.480 e. The molecule has 0 bridgehead atoms. The van der Waals surface area contributed by atoms with Crippen molar-refractivity contribution in [1.29, 1.82) is 0 Å². The molecule has 1 aliphatic rings. The minimum absolute atomic E-state index is 0.0570. The number of urea groups is 1. The monoisotopic (exact) mass is 284 g/mol. The zero-order chi connectivity index (χ0) is 14.5. The van der Waals surface area contributed by atoms with Crippen molar-refractivity contribution in [1.82, 2.24) is 10.2 Å². The summed E-state index contributed by atoms with van der Waals surface area (Å²) in [5, 5.41) is 10.8. The van der Waals surface area contributed by atoms with Crippen LogP contribution in [0.1, 0.15) is 6.42 Å². The largest absolute Gasteiger partial charge is 0.480 e. The molecule has 19 heavy (non-hydrogen) atoms. The number of halogens is 3. The smallest absolute Gasteiger partial charge is 0.406 e. The fourth-order valence-corrected chi connectivity index (χ4v) is 1.67. The number of ether oxygens (including phenoxy) is 1. The van der Waals surface area contributed by atoms with Gasteiger partial charge in [-0.1, -0.05) is 0 Å². The van der Waals surface area contributed by atoms with Gasteiger partial charge in [0.1, 0.15) is 13.1 Å². The van der Waals surface area contributed by atoms with E-state index in [0.29, 0.717) is 13.2 Å². The minimum atomic E-state index is -4.64. The van der Waals surface area contributed by atoms with Gasteiger partial charge in [0.15, 0.2) is 0 Å². The predicted molar refractivity (Wildman–Crippen MR) is 57.6 cm³/mol. The van der Waals surface area contributed by atoms with Crippen LogP contribution in [-0.4, -0.2) is 61.0 Å². The normalized spacial score (nSPS) is 19.2. The van der Waals surface area contributed by atoms with E-state index < -0.39 is 31.3 Å². The van der Waals surface area contributed by atoms with E-state index in [0.717, 1.165) is 6.42 Å². The van der Waals surface area contributed by atoms with Crippen LogP contribution in [-0.2, 0) is 9.53 Å². The number of hydrogen-bond donors (Lipinski definition) is 2. The fourth-order valence-electron chi connectivity index (χ4n) is 1.67. The topological polar surface area (TPSA) is 78.9 Å². The maximum Gasteiger partial charge on any atom is 0.406 e. The van der Waals surface area contributed by atoms with Crippen molar-refractivity contribution in [3.63, 3.8) is 0 Å². The summed E-state index contributed by atoms with van der Waals surface area (Å²) in [5.41, 5.74) is 0. The van der Waals surface area contributed by atoms with E-state index in [9.17, 15) is 22.8 Å². The number of carbonyl (C=O) groups is 2. The highest BCUT2D eigenvalue weighted by Gasteiger charge is 2.34. The van der Waals surface area contributed by atoms with Gasteiger partial charge in [-0.3, -0.25) is 4.79 Å². The van der Waals surface area contributed by atoms with Gasteiger partial charge in [-0.05, 0) is 6.42 Å². The van der Waals surface area contributed by atoms with Crippen LogP contribution in [0.4, 0.5) is 18.0 Å². The number of amides is 2. The molecule has 1 rings (SSSR count). The molecule has 0 aliphatic carbocycles. The van der Waals surface area contributed by atoms with Crippen LogP contribution in [0.2, 0.25) is 0 Å². The molecule has 1 heterocycles.